The number of carbonyl (C=O) groups excluding carboxylic acids is 1. The Hall–Kier alpha value is -0.660. The smallest absolute Gasteiger partial charge is 0.143 e. The van der Waals surface area contributed by atoms with Crippen LogP contribution in [0.2, 0.25) is 0 Å². The van der Waals surface area contributed by atoms with Crippen molar-refractivity contribution < 1.29 is 4.79 Å². The van der Waals surface area contributed by atoms with E-state index in [9.17, 15) is 4.79 Å². The Bertz CT molecular complexity index is 232. The lowest BCUT2D eigenvalue weighted by molar-refractivity contribution is -0.124. The van der Waals surface area contributed by atoms with Crippen LogP contribution in [0.5, 0.6) is 0 Å². The SMILES string of the molecule is CC1=N[C@H]2CC(=O)[C@H]1[C@H](C)C2. The van der Waals surface area contributed by atoms with Crippen LogP contribution in [0.1, 0.15) is 26.7 Å². The Kier molecular flexibility index (Phi) is 1.38. The summed E-state index contributed by atoms with van der Waals surface area (Å²) in [6.07, 6.45) is 1.82. The second-order valence-corrected chi connectivity index (χ2v) is 3.79. The molecule has 3 aliphatic rings. The van der Waals surface area contributed by atoms with Gasteiger partial charge in [0.2, 0.25) is 0 Å². The molecule has 3 atom stereocenters. The molecule has 2 nitrogen and oxygen atoms in total. The van der Waals surface area contributed by atoms with Gasteiger partial charge >= 0.3 is 0 Å². The number of ketones is 1. The fourth-order valence-corrected chi connectivity index (χ4v) is 2.44. The van der Waals surface area contributed by atoms with Crippen molar-refractivity contribution in [2.45, 2.75) is 32.7 Å². The first-order valence-corrected chi connectivity index (χ1v) is 4.25. The second-order valence-electron chi connectivity index (χ2n) is 3.79. The van der Waals surface area contributed by atoms with Crippen molar-refractivity contribution in [2.75, 3.05) is 0 Å². The van der Waals surface area contributed by atoms with Crippen LogP contribution in [-0.2, 0) is 4.79 Å². The lowest BCUT2D eigenvalue weighted by Gasteiger charge is -2.36. The Morgan fingerprint density at radius 3 is 2.64 bits per heavy atom. The van der Waals surface area contributed by atoms with Crippen LogP contribution >= 0.6 is 0 Å². The average molecular weight is 151 g/mol. The van der Waals surface area contributed by atoms with E-state index >= 15 is 0 Å². The van der Waals surface area contributed by atoms with Gasteiger partial charge in [-0.15, -0.1) is 0 Å². The largest absolute Gasteiger partial charge is 0.299 e. The van der Waals surface area contributed by atoms with Crippen molar-refractivity contribution in [3.63, 3.8) is 0 Å². The first-order valence-electron chi connectivity index (χ1n) is 4.25. The number of fused-ring (bicyclic) bond motifs is 2. The molecule has 2 heteroatoms. The van der Waals surface area contributed by atoms with Crippen LogP contribution in [0.3, 0.4) is 0 Å². The van der Waals surface area contributed by atoms with Crippen LogP contribution in [0.25, 0.3) is 0 Å². The Balaban J connectivity index is 2.37. The van der Waals surface area contributed by atoms with Gasteiger partial charge in [-0.2, -0.15) is 0 Å². The van der Waals surface area contributed by atoms with Gasteiger partial charge in [0.1, 0.15) is 5.78 Å². The third-order valence-corrected chi connectivity index (χ3v) is 2.83. The van der Waals surface area contributed by atoms with Gasteiger partial charge in [0.05, 0.1) is 12.0 Å². The minimum atomic E-state index is 0.167. The summed E-state index contributed by atoms with van der Waals surface area (Å²) >= 11 is 0. The maximum absolute atomic E-state index is 11.4. The predicted molar refractivity (Wildman–Crippen MR) is 43.8 cm³/mol. The molecular formula is C9H13NO. The van der Waals surface area contributed by atoms with E-state index in [1.54, 1.807) is 0 Å². The molecule has 0 aromatic carbocycles. The van der Waals surface area contributed by atoms with Gasteiger partial charge in [-0.05, 0) is 19.3 Å². The normalized spacial score (nSPS) is 42.5. The predicted octanol–water partition coefficient (Wildman–Crippen LogP) is 1.44. The van der Waals surface area contributed by atoms with Crippen LogP contribution < -0.4 is 0 Å². The highest BCUT2D eigenvalue weighted by atomic mass is 16.1. The van der Waals surface area contributed by atoms with Gasteiger partial charge < -0.3 is 0 Å². The molecule has 0 radical (unpaired) electrons. The number of hydrogen-bond donors (Lipinski definition) is 0. The van der Waals surface area contributed by atoms with Crippen LogP contribution in [0, 0.1) is 11.8 Å². The number of Topliss-reactive ketones (excluding diaryl/α,β-unsaturated/α-hetero) is 1. The Morgan fingerprint density at radius 2 is 2.27 bits per heavy atom. The number of carbonyl (C=O) groups is 1. The van der Waals surface area contributed by atoms with E-state index in [0.29, 0.717) is 24.2 Å². The first-order chi connectivity index (χ1) is 5.18. The van der Waals surface area contributed by atoms with Crippen LogP contribution in [-0.4, -0.2) is 17.5 Å². The molecule has 2 heterocycles. The molecule has 0 N–H and O–H groups in total. The molecule has 3 rings (SSSR count). The van der Waals surface area contributed by atoms with Gasteiger partial charge in [0.15, 0.2) is 0 Å². The van der Waals surface area contributed by atoms with E-state index in [4.69, 9.17) is 0 Å². The van der Waals surface area contributed by atoms with Crippen LogP contribution in [0.15, 0.2) is 4.99 Å². The molecule has 1 saturated carbocycles. The number of nitrogens with zero attached hydrogens (tertiary/aromatic N) is 1. The monoisotopic (exact) mass is 151 g/mol. The molecule has 11 heavy (non-hydrogen) atoms. The second kappa shape index (κ2) is 2.16. The van der Waals surface area contributed by atoms with E-state index in [1.165, 1.54) is 0 Å². The van der Waals surface area contributed by atoms with Gasteiger partial charge in [-0.1, -0.05) is 6.92 Å². The standard InChI is InChI=1S/C9H13NO/c1-5-3-7-4-8(11)9(5)6(2)10-7/h5,7,9H,3-4H2,1-2H3/t5-,7-,9+/m1/s1. The van der Waals surface area contributed by atoms with E-state index in [0.717, 1.165) is 12.1 Å². The molecule has 0 spiro atoms. The topological polar surface area (TPSA) is 29.4 Å². The summed E-state index contributed by atoms with van der Waals surface area (Å²) < 4.78 is 0. The van der Waals surface area contributed by atoms with Gasteiger partial charge in [-0.3, -0.25) is 9.79 Å². The molecule has 60 valence electrons. The molecule has 0 amide bonds. The fourth-order valence-electron chi connectivity index (χ4n) is 2.44. The fraction of sp³-hybridized carbons (Fsp3) is 0.778. The van der Waals surface area contributed by atoms with E-state index in [2.05, 4.69) is 11.9 Å². The van der Waals surface area contributed by atoms with Crippen molar-refractivity contribution >= 4 is 11.5 Å². The summed E-state index contributed by atoms with van der Waals surface area (Å²) in [5.41, 5.74) is 1.07. The molecule has 0 aromatic rings. The highest BCUT2D eigenvalue weighted by Crippen LogP contribution is 2.34. The lowest BCUT2D eigenvalue weighted by atomic mass is 9.72. The minimum Gasteiger partial charge on any atom is -0.299 e. The van der Waals surface area contributed by atoms with Crippen molar-refractivity contribution in [3.8, 4) is 0 Å². The van der Waals surface area contributed by atoms with Gasteiger partial charge in [-0.25, -0.2) is 0 Å². The maximum Gasteiger partial charge on any atom is 0.143 e. The summed E-state index contributed by atoms with van der Waals surface area (Å²) in [5.74, 6) is 1.12. The summed E-state index contributed by atoms with van der Waals surface area (Å²) in [6.45, 7) is 4.15. The molecule has 1 fully saturated rings. The van der Waals surface area contributed by atoms with Crippen LogP contribution in [0.4, 0.5) is 0 Å². The Morgan fingerprint density at radius 1 is 1.55 bits per heavy atom. The Labute approximate surface area is 66.7 Å². The summed E-state index contributed by atoms with van der Waals surface area (Å²) in [4.78, 5) is 15.8. The van der Waals surface area contributed by atoms with Crippen molar-refractivity contribution in [1.29, 1.82) is 0 Å². The molecule has 1 aliphatic carbocycles. The van der Waals surface area contributed by atoms with Crippen molar-refractivity contribution in [3.05, 3.63) is 0 Å². The molecule has 2 aliphatic heterocycles. The maximum atomic E-state index is 11.4. The number of aliphatic imine (C=N–C) groups is 1. The third kappa shape index (κ3) is 0.924. The summed E-state index contributed by atoms with van der Waals surface area (Å²) in [5, 5.41) is 0. The van der Waals surface area contributed by atoms with Gasteiger partial charge in [0.25, 0.3) is 0 Å². The number of hydrogen-bond acceptors (Lipinski definition) is 2. The van der Waals surface area contributed by atoms with Gasteiger partial charge in [0, 0.05) is 12.1 Å². The molecule has 0 aromatic heterocycles. The summed E-state index contributed by atoms with van der Waals surface area (Å²) in [6, 6.07) is 0.322. The van der Waals surface area contributed by atoms with Crippen molar-refractivity contribution in [1.82, 2.24) is 0 Å². The van der Waals surface area contributed by atoms with Crippen molar-refractivity contribution in [2.24, 2.45) is 16.8 Å². The zero-order chi connectivity index (χ0) is 8.01. The van der Waals surface area contributed by atoms with E-state index in [1.807, 2.05) is 6.92 Å². The zero-order valence-corrected chi connectivity index (χ0v) is 7.00. The lowest BCUT2D eigenvalue weighted by Crippen LogP contribution is -2.42. The minimum absolute atomic E-state index is 0.167. The molecule has 0 saturated heterocycles. The first kappa shape index (κ1) is 7.01. The highest BCUT2D eigenvalue weighted by Gasteiger charge is 2.39. The summed E-state index contributed by atoms with van der Waals surface area (Å²) in [7, 11) is 0. The average Bonchev–Trinajstić information content (AvgIpc) is 1.82. The zero-order valence-electron chi connectivity index (χ0n) is 7.00. The highest BCUT2D eigenvalue weighted by molar-refractivity contribution is 6.07. The molecular weight excluding hydrogens is 138 g/mol. The molecule has 0 unspecified atom stereocenters. The third-order valence-electron chi connectivity index (χ3n) is 2.83. The molecule has 2 bridgehead atoms. The van der Waals surface area contributed by atoms with E-state index < -0.39 is 0 Å². The van der Waals surface area contributed by atoms with E-state index in [-0.39, 0.29) is 5.92 Å². The number of rotatable bonds is 0. The quantitative estimate of drug-likeness (QED) is 0.515.